The lowest BCUT2D eigenvalue weighted by Crippen LogP contribution is -2.08. The highest BCUT2D eigenvalue weighted by atomic mass is 79.9. The van der Waals surface area contributed by atoms with Crippen molar-refractivity contribution in [3.63, 3.8) is 0 Å². The van der Waals surface area contributed by atoms with Crippen molar-refractivity contribution in [3.05, 3.63) is 88.4 Å². The van der Waals surface area contributed by atoms with Crippen LogP contribution in [0.15, 0.2) is 77.3 Å². The summed E-state index contributed by atoms with van der Waals surface area (Å²) in [5.41, 5.74) is 1.05. The number of carbonyl (C=O) groups excluding carboxylic acids is 1. The number of rotatable bonds is 4. The van der Waals surface area contributed by atoms with Gasteiger partial charge in [-0.3, -0.25) is 0 Å². The van der Waals surface area contributed by atoms with Crippen LogP contribution in [0.4, 0.5) is 0 Å². The zero-order valence-corrected chi connectivity index (χ0v) is 14.6. The molecule has 0 aliphatic rings. The Morgan fingerprint density at radius 3 is 1.88 bits per heavy atom. The second kappa shape index (κ2) is 7.65. The van der Waals surface area contributed by atoms with Gasteiger partial charge in [-0.25, -0.2) is 4.79 Å². The maximum atomic E-state index is 12.1. The third-order valence-corrected chi connectivity index (χ3v) is 3.86. The molecule has 122 valence electrons. The molecule has 3 aromatic carbocycles. The van der Waals surface area contributed by atoms with Gasteiger partial charge in [-0.2, -0.15) is 5.26 Å². The topological polar surface area (TPSA) is 59.3 Å². The van der Waals surface area contributed by atoms with Crippen molar-refractivity contribution in [2.75, 3.05) is 0 Å². The molecule has 0 saturated carbocycles. The Morgan fingerprint density at radius 1 is 0.800 bits per heavy atom. The maximum Gasteiger partial charge on any atom is 0.343 e. The van der Waals surface area contributed by atoms with E-state index in [2.05, 4.69) is 22.0 Å². The van der Waals surface area contributed by atoms with Gasteiger partial charge in [-0.05, 0) is 72.8 Å². The van der Waals surface area contributed by atoms with Gasteiger partial charge in [-0.1, -0.05) is 15.9 Å². The predicted octanol–water partition coefficient (Wildman–Crippen LogP) is 5.33. The third kappa shape index (κ3) is 4.46. The fourth-order valence-corrected chi connectivity index (χ4v) is 2.33. The van der Waals surface area contributed by atoms with Crippen molar-refractivity contribution < 1.29 is 14.3 Å². The van der Waals surface area contributed by atoms with Gasteiger partial charge in [0, 0.05) is 4.47 Å². The highest BCUT2D eigenvalue weighted by Crippen LogP contribution is 2.24. The molecule has 5 heteroatoms. The minimum absolute atomic E-state index is 0.423. The molecule has 0 saturated heterocycles. The number of benzene rings is 3. The first kappa shape index (κ1) is 16.7. The molecule has 0 unspecified atom stereocenters. The number of nitriles is 1. The first-order chi connectivity index (χ1) is 12.1. The molecule has 0 aromatic heterocycles. The summed E-state index contributed by atoms with van der Waals surface area (Å²) in [6.45, 7) is 0. The first-order valence-corrected chi connectivity index (χ1v) is 8.19. The fraction of sp³-hybridized carbons (Fsp3) is 0. The number of hydrogen-bond donors (Lipinski definition) is 0. The van der Waals surface area contributed by atoms with Crippen LogP contribution in [-0.2, 0) is 0 Å². The fourth-order valence-electron chi connectivity index (χ4n) is 2.06. The average molecular weight is 394 g/mol. The Morgan fingerprint density at radius 2 is 1.32 bits per heavy atom. The van der Waals surface area contributed by atoms with Crippen LogP contribution >= 0.6 is 15.9 Å². The smallest absolute Gasteiger partial charge is 0.343 e. The molecular formula is C20H12BrNO3. The second-order valence-corrected chi connectivity index (χ2v) is 6.02. The Labute approximate surface area is 153 Å². The molecule has 0 spiro atoms. The van der Waals surface area contributed by atoms with Crippen molar-refractivity contribution in [2.24, 2.45) is 0 Å². The monoisotopic (exact) mass is 393 g/mol. The van der Waals surface area contributed by atoms with E-state index in [1.165, 1.54) is 0 Å². The van der Waals surface area contributed by atoms with Crippen LogP contribution < -0.4 is 9.47 Å². The zero-order chi connectivity index (χ0) is 17.6. The molecule has 0 aliphatic carbocycles. The third-order valence-electron chi connectivity index (χ3n) is 3.33. The van der Waals surface area contributed by atoms with Crippen molar-refractivity contribution in [3.8, 4) is 23.3 Å². The normalized spacial score (nSPS) is 9.92. The Kier molecular flexibility index (Phi) is 5.12. The van der Waals surface area contributed by atoms with E-state index >= 15 is 0 Å². The molecule has 0 atom stereocenters. The van der Waals surface area contributed by atoms with E-state index < -0.39 is 5.97 Å². The molecule has 0 aliphatic heterocycles. The largest absolute Gasteiger partial charge is 0.457 e. The van der Waals surface area contributed by atoms with Gasteiger partial charge in [-0.15, -0.1) is 0 Å². The van der Waals surface area contributed by atoms with E-state index in [-0.39, 0.29) is 0 Å². The molecular weight excluding hydrogens is 382 g/mol. The van der Waals surface area contributed by atoms with E-state index in [0.29, 0.717) is 28.4 Å². The summed E-state index contributed by atoms with van der Waals surface area (Å²) in [7, 11) is 0. The summed E-state index contributed by atoms with van der Waals surface area (Å²) in [4.78, 5) is 12.1. The molecule has 25 heavy (non-hydrogen) atoms. The number of esters is 1. The van der Waals surface area contributed by atoms with Gasteiger partial charge in [0.15, 0.2) is 0 Å². The van der Waals surface area contributed by atoms with E-state index in [0.717, 1.165) is 4.47 Å². The highest BCUT2D eigenvalue weighted by molar-refractivity contribution is 9.10. The standard InChI is InChI=1S/C20H12BrNO3/c21-16-5-3-15(4-6-16)20(23)25-19-11-9-18(10-12-19)24-17-7-1-14(13-22)2-8-17/h1-12H. The number of hydrogen-bond acceptors (Lipinski definition) is 4. The number of halogens is 1. The van der Waals surface area contributed by atoms with E-state index in [9.17, 15) is 4.79 Å². The lowest BCUT2D eigenvalue weighted by Gasteiger charge is -2.08. The Hall–Kier alpha value is -3.10. The quantitative estimate of drug-likeness (QED) is 0.443. The number of nitrogens with zero attached hydrogens (tertiary/aromatic N) is 1. The summed E-state index contributed by atoms with van der Waals surface area (Å²) in [5.74, 6) is 1.24. The van der Waals surface area contributed by atoms with Gasteiger partial charge in [0.2, 0.25) is 0 Å². The summed E-state index contributed by atoms with van der Waals surface area (Å²) in [6, 6.07) is 22.6. The molecule has 0 heterocycles. The van der Waals surface area contributed by atoms with Gasteiger partial charge < -0.3 is 9.47 Å². The molecule has 0 N–H and O–H groups in total. The predicted molar refractivity (Wildman–Crippen MR) is 96.8 cm³/mol. The SMILES string of the molecule is N#Cc1ccc(Oc2ccc(OC(=O)c3ccc(Br)cc3)cc2)cc1. The molecule has 4 nitrogen and oxygen atoms in total. The average Bonchev–Trinajstić information content (AvgIpc) is 2.64. The Bertz CT molecular complexity index is 911. The van der Waals surface area contributed by atoms with Crippen LogP contribution in [-0.4, -0.2) is 5.97 Å². The van der Waals surface area contributed by atoms with Crippen LogP contribution in [0.25, 0.3) is 0 Å². The number of carbonyl (C=O) groups is 1. The summed E-state index contributed by atoms with van der Waals surface area (Å²) >= 11 is 3.32. The summed E-state index contributed by atoms with van der Waals surface area (Å²) in [6.07, 6.45) is 0. The van der Waals surface area contributed by atoms with Crippen LogP contribution in [0, 0.1) is 11.3 Å². The molecule has 0 fully saturated rings. The summed E-state index contributed by atoms with van der Waals surface area (Å²) < 4.78 is 11.9. The van der Waals surface area contributed by atoms with Crippen molar-refractivity contribution in [1.29, 1.82) is 5.26 Å². The van der Waals surface area contributed by atoms with Gasteiger partial charge in [0.05, 0.1) is 17.2 Å². The van der Waals surface area contributed by atoms with Crippen LogP contribution in [0.2, 0.25) is 0 Å². The van der Waals surface area contributed by atoms with Crippen molar-refractivity contribution in [1.82, 2.24) is 0 Å². The van der Waals surface area contributed by atoms with Crippen LogP contribution in [0.3, 0.4) is 0 Å². The molecule has 0 amide bonds. The van der Waals surface area contributed by atoms with E-state index in [1.54, 1.807) is 72.8 Å². The first-order valence-electron chi connectivity index (χ1n) is 7.40. The molecule has 0 radical (unpaired) electrons. The van der Waals surface area contributed by atoms with E-state index in [4.69, 9.17) is 14.7 Å². The van der Waals surface area contributed by atoms with Crippen LogP contribution in [0.1, 0.15) is 15.9 Å². The molecule has 0 bridgehead atoms. The number of ether oxygens (including phenoxy) is 2. The van der Waals surface area contributed by atoms with Crippen molar-refractivity contribution in [2.45, 2.75) is 0 Å². The van der Waals surface area contributed by atoms with Crippen molar-refractivity contribution >= 4 is 21.9 Å². The lowest BCUT2D eigenvalue weighted by atomic mass is 10.2. The van der Waals surface area contributed by atoms with Gasteiger partial charge in [0.25, 0.3) is 0 Å². The minimum atomic E-state index is -0.423. The van der Waals surface area contributed by atoms with Crippen LogP contribution in [0.5, 0.6) is 17.2 Å². The molecule has 3 aromatic rings. The molecule has 3 rings (SSSR count). The second-order valence-electron chi connectivity index (χ2n) is 5.11. The lowest BCUT2D eigenvalue weighted by molar-refractivity contribution is 0.0734. The van der Waals surface area contributed by atoms with Gasteiger partial charge >= 0.3 is 5.97 Å². The van der Waals surface area contributed by atoms with Gasteiger partial charge in [0.1, 0.15) is 17.2 Å². The highest BCUT2D eigenvalue weighted by Gasteiger charge is 2.08. The minimum Gasteiger partial charge on any atom is -0.457 e. The zero-order valence-electron chi connectivity index (χ0n) is 13.0. The van der Waals surface area contributed by atoms with E-state index in [1.807, 2.05) is 0 Å². The Balaban J connectivity index is 1.64. The maximum absolute atomic E-state index is 12.1. The summed E-state index contributed by atoms with van der Waals surface area (Å²) in [5, 5.41) is 8.78.